The SMILES string of the molecule is CCCOc1ccc(C2c3c(-c4ccc(C)cc4)nn(C4CCS(=O)(=O)C4)c3C(=O)N2CCc2ccccc2)cc1. The number of hydrogen-bond acceptors (Lipinski definition) is 5. The van der Waals surface area contributed by atoms with Crippen LogP contribution in [-0.4, -0.2) is 53.7 Å². The van der Waals surface area contributed by atoms with Crippen molar-refractivity contribution in [2.24, 2.45) is 0 Å². The number of amides is 1. The Morgan fingerprint density at radius 2 is 1.71 bits per heavy atom. The number of aromatic nitrogens is 2. The van der Waals surface area contributed by atoms with E-state index in [1.807, 2.05) is 78.6 Å². The van der Waals surface area contributed by atoms with Crippen LogP contribution in [0, 0.1) is 6.92 Å². The van der Waals surface area contributed by atoms with E-state index < -0.39 is 9.84 Å². The number of carbonyl (C=O) groups excluding carboxylic acids is 1. The molecule has 1 saturated heterocycles. The van der Waals surface area contributed by atoms with Crippen LogP contribution in [0.2, 0.25) is 0 Å². The number of sulfone groups is 1. The van der Waals surface area contributed by atoms with Gasteiger partial charge in [0, 0.05) is 17.7 Å². The van der Waals surface area contributed by atoms with E-state index in [0.29, 0.717) is 31.7 Å². The third-order valence-corrected chi connectivity index (χ3v) is 9.78. The molecule has 1 aromatic heterocycles. The summed E-state index contributed by atoms with van der Waals surface area (Å²) >= 11 is 0. The van der Waals surface area contributed by atoms with Gasteiger partial charge in [0.15, 0.2) is 9.84 Å². The zero-order valence-corrected chi connectivity index (χ0v) is 24.3. The van der Waals surface area contributed by atoms with E-state index in [1.165, 1.54) is 0 Å². The molecule has 0 radical (unpaired) electrons. The maximum absolute atomic E-state index is 14.3. The first kappa shape index (κ1) is 27.3. The maximum atomic E-state index is 14.3. The Morgan fingerprint density at radius 3 is 2.37 bits per heavy atom. The molecule has 2 unspecified atom stereocenters. The molecule has 2 aliphatic heterocycles. The quantitative estimate of drug-likeness (QED) is 0.255. The molecule has 8 heteroatoms. The Hall–Kier alpha value is -3.91. The molecule has 3 aromatic carbocycles. The van der Waals surface area contributed by atoms with E-state index in [0.717, 1.165) is 45.7 Å². The van der Waals surface area contributed by atoms with Crippen LogP contribution in [-0.2, 0) is 16.3 Å². The molecule has 3 heterocycles. The smallest absolute Gasteiger partial charge is 0.273 e. The molecule has 1 fully saturated rings. The van der Waals surface area contributed by atoms with Crippen LogP contribution < -0.4 is 4.74 Å². The second kappa shape index (κ2) is 11.2. The number of hydrogen-bond donors (Lipinski definition) is 0. The van der Waals surface area contributed by atoms with Crippen LogP contribution in [0.25, 0.3) is 11.3 Å². The summed E-state index contributed by atoms with van der Waals surface area (Å²) in [5, 5.41) is 5.00. The van der Waals surface area contributed by atoms with E-state index in [2.05, 4.69) is 19.1 Å². The van der Waals surface area contributed by atoms with Crippen molar-refractivity contribution in [2.75, 3.05) is 24.7 Å². The van der Waals surface area contributed by atoms with Crippen molar-refractivity contribution in [3.05, 3.63) is 107 Å². The zero-order chi connectivity index (χ0) is 28.6. The van der Waals surface area contributed by atoms with E-state index in [1.54, 1.807) is 4.68 Å². The van der Waals surface area contributed by atoms with Gasteiger partial charge in [0.2, 0.25) is 0 Å². The van der Waals surface area contributed by atoms with Crippen molar-refractivity contribution in [3.8, 4) is 17.0 Å². The Labute approximate surface area is 241 Å². The lowest BCUT2D eigenvalue weighted by Gasteiger charge is -2.27. The monoisotopic (exact) mass is 569 g/mol. The van der Waals surface area contributed by atoms with Crippen LogP contribution in [0.15, 0.2) is 78.9 Å². The predicted octanol–water partition coefficient (Wildman–Crippen LogP) is 5.79. The number of benzene rings is 3. The minimum Gasteiger partial charge on any atom is -0.494 e. The first-order valence-electron chi connectivity index (χ1n) is 14.3. The number of aryl methyl sites for hydroxylation is 1. The summed E-state index contributed by atoms with van der Waals surface area (Å²) in [5.74, 6) is 0.796. The second-order valence-corrected chi connectivity index (χ2v) is 13.3. The Morgan fingerprint density at radius 1 is 0.976 bits per heavy atom. The highest BCUT2D eigenvalue weighted by molar-refractivity contribution is 7.91. The van der Waals surface area contributed by atoms with E-state index >= 15 is 0 Å². The van der Waals surface area contributed by atoms with Gasteiger partial charge in [0.1, 0.15) is 11.4 Å². The molecule has 0 N–H and O–H groups in total. The van der Waals surface area contributed by atoms with Gasteiger partial charge in [-0.15, -0.1) is 0 Å². The molecule has 7 nitrogen and oxygen atoms in total. The van der Waals surface area contributed by atoms with Gasteiger partial charge < -0.3 is 9.64 Å². The topological polar surface area (TPSA) is 81.5 Å². The van der Waals surface area contributed by atoms with Crippen molar-refractivity contribution in [2.45, 2.75) is 45.2 Å². The minimum absolute atomic E-state index is 0.000115. The lowest BCUT2D eigenvalue weighted by molar-refractivity contribution is 0.0738. The van der Waals surface area contributed by atoms with Crippen molar-refractivity contribution in [1.82, 2.24) is 14.7 Å². The molecular formula is C33H35N3O4S. The van der Waals surface area contributed by atoms with Gasteiger partial charge in [-0.25, -0.2) is 8.42 Å². The highest BCUT2D eigenvalue weighted by Crippen LogP contribution is 2.45. The Kier molecular flexibility index (Phi) is 7.43. The predicted molar refractivity (Wildman–Crippen MR) is 160 cm³/mol. The highest BCUT2D eigenvalue weighted by atomic mass is 32.2. The maximum Gasteiger partial charge on any atom is 0.273 e. The van der Waals surface area contributed by atoms with Crippen molar-refractivity contribution < 1.29 is 17.9 Å². The van der Waals surface area contributed by atoms with E-state index in [9.17, 15) is 13.2 Å². The van der Waals surface area contributed by atoms with Crippen LogP contribution in [0.1, 0.15) is 64.6 Å². The molecule has 2 aliphatic rings. The van der Waals surface area contributed by atoms with Crippen LogP contribution in [0.3, 0.4) is 0 Å². The zero-order valence-electron chi connectivity index (χ0n) is 23.5. The van der Waals surface area contributed by atoms with Gasteiger partial charge in [-0.1, -0.05) is 79.2 Å². The van der Waals surface area contributed by atoms with Gasteiger partial charge in [0.05, 0.1) is 35.9 Å². The summed E-state index contributed by atoms with van der Waals surface area (Å²) in [6.07, 6.45) is 2.08. The molecule has 6 rings (SSSR count). The van der Waals surface area contributed by atoms with Gasteiger partial charge in [0.25, 0.3) is 5.91 Å². The molecule has 1 amide bonds. The third kappa shape index (κ3) is 5.40. The van der Waals surface area contributed by atoms with Crippen molar-refractivity contribution in [1.29, 1.82) is 0 Å². The fraction of sp³-hybridized carbons (Fsp3) is 0.333. The minimum atomic E-state index is -3.18. The molecule has 4 aromatic rings. The van der Waals surface area contributed by atoms with Crippen LogP contribution in [0.5, 0.6) is 5.75 Å². The summed E-state index contributed by atoms with van der Waals surface area (Å²) in [7, 11) is -3.18. The standard InChI is InChI=1S/C33H35N3O4S/c1-3-20-40-28-15-13-26(14-16-28)31-29-30(25-11-9-23(2)10-12-25)34-36(27-18-21-41(38,39)22-27)32(29)33(37)35(31)19-17-24-7-5-4-6-8-24/h4-16,27,31H,3,17-22H2,1-2H3. The number of carbonyl (C=O) groups is 1. The number of fused-ring (bicyclic) bond motifs is 1. The van der Waals surface area contributed by atoms with Crippen molar-refractivity contribution >= 4 is 15.7 Å². The third-order valence-electron chi connectivity index (χ3n) is 8.03. The lowest BCUT2D eigenvalue weighted by Crippen LogP contribution is -2.32. The number of nitrogens with zero attached hydrogens (tertiary/aromatic N) is 3. The summed E-state index contributed by atoms with van der Waals surface area (Å²) in [4.78, 5) is 16.3. The second-order valence-electron chi connectivity index (χ2n) is 11.0. The molecule has 0 bridgehead atoms. The average molecular weight is 570 g/mol. The average Bonchev–Trinajstić information content (AvgIpc) is 3.63. The van der Waals surface area contributed by atoms with Crippen LogP contribution in [0.4, 0.5) is 0 Å². The first-order valence-corrected chi connectivity index (χ1v) is 16.1. The molecule has 212 valence electrons. The fourth-order valence-electron chi connectivity index (χ4n) is 5.92. The van der Waals surface area contributed by atoms with Crippen molar-refractivity contribution in [3.63, 3.8) is 0 Å². The Bertz CT molecular complexity index is 1650. The number of ether oxygens (including phenoxy) is 1. The van der Waals surface area contributed by atoms with Gasteiger partial charge in [-0.2, -0.15) is 5.10 Å². The van der Waals surface area contributed by atoms with Gasteiger partial charge in [-0.05, 0) is 49.4 Å². The van der Waals surface area contributed by atoms with E-state index in [-0.39, 0.29) is 29.5 Å². The highest BCUT2D eigenvalue weighted by Gasteiger charge is 2.46. The summed E-state index contributed by atoms with van der Waals surface area (Å²) in [6, 6.07) is 25.6. The summed E-state index contributed by atoms with van der Waals surface area (Å²) in [5.41, 5.74) is 6.26. The molecule has 0 spiro atoms. The molecule has 0 saturated carbocycles. The molecule has 41 heavy (non-hydrogen) atoms. The molecule has 2 atom stereocenters. The normalized spacial score (nSPS) is 19.5. The van der Waals surface area contributed by atoms with Gasteiger partial charge >= 0.3 is 0 Å². The summed E-state index contributed by atoms with van der Waals surface area (Å²) in [6.45, 7) is 5.27. The largest absolute Gasteiger partial charge is 0.494 e. The van der Waals surface area contributed by atoms with E-state index in [4.69, 9.17) is 9.84 Å². The fourth-order valence-corrected chi connectivity index (χ4v) is 7.62. The van der Waals surface area contributed by atoms with Gasteiger partial charge in [-0.3, -0.25) is 9.48 Å². The first-order chi connectivity index (χ1) is 19.8. The van der Waals surface area contributed by atoms with Crippen LogP contribution >= 0.6 is 0 Å². The number of rotatable bonds is 9. The molecular weight excluding hydrogens is 534 g/mol. The lowest BCUT2D eigenvalue weighted by atomic mass is 9.95. The summed E-state index contributed by atoms with van der Waals surface area (Å²) < 4.78 is 32.5. The Balaban J connectivity index is 1.49. The molecule has 0 aliphatic carbocycles.